The van der Waals surface area contributed by atoms with Crippen molar-refractivity contribution in [3.8, 4) is 0 Å². The molecule has 1 aromatic rings. The number of carbonyl (C=O) groups is 2. The monoisotopic (exact) mass is 378 g/mol. The number of hydrogen-bond acceptors (Lipinski definition) is 5. The van der Waals surface area contributed by atoms with E-state index in [1.807, 2.05) is 0 Å². The maximum atomic E-state index is 14.1. The van der Waals surface area contributed by atoms with E-state index in [9.17, 15) is 22.9 Å². The Labute approximate surface area is 146 Å². The van der Waals surface area contributed by atoms with E-state index in [1.165, 1.54) is 17.0 Å². The molecule has 1 aromatic carbocycles. The maximum absolute atomic E-state index is 14.1. The van der Waals surface area contributed by atoms with Crippen LogP contribution in [0, 0.1) is 5.82 Å². The zero-order valence-corrected chi connectivity index (χ0v) is 14.4. The second kappa shape index (κ2) is 8.04. The molecule has 24 heavy (non-hydrogen) atoms. The summed E-state index contributed by atoms with van der Waals surface area (Å²) in [6, 6.07) is 3.10. The number of nitrogens with one attached hydrogen (secondary N) is 1. The lowest BCUT2D eigenvalue weighted by molar-refractivity contribution is -0.121. The number of halogens is 2. The van der Waals surface area contributed by atoms with E-state index in [0.29, 0.717) is 0 Å². The van der Waals surface area contributed by atoms with Crippen molar-refractivity contribution in [2.24, 2.45) is 0 Å². The van der Waals surface area contributed by atoms with Gasteiger partial charge in [0.2, 0.25) is 5.91 Å². The number of nitrogens with zero attached hydrogens (tertiary/aromatic N) is 1. The molecule has 3 atom stereocenters. The highest BCUT2D eigenvalue weighted by molar-refractivity contribution is 7.91. The van der Waals surface area contributed by atoms with Gasteiger partial charge in [0.25, 0.3) is 0 Å². The number of hydrogen-bond donors (Lipinski definition) is 2. The quantitative estimate of drug-likeness (QED) is 0.582. The minimum Gasteiger partial charge on any atom is -0.611 e. The molecule has 1 heterocycles. The van der Waals surface area contributed by atoms with Crippen LogP contribution in [-0.4, -0.2) is 47.0 Å². The lowest BCUT2D eigenvalue weighted by Gasteiger charge is -2.21. The zero-order chi connectivity index (χ0) is 17.9. The van der Waals surface area contributed by atoms with Gasteiger partial charge < -0.3 is 14.6 Å². The Balaban J connectivity index is 2.20. The molecule has 2 unspecified atom stereocenters. The molecule has 0 aliphatic carbocycles. The zero-order valence-electron chi connectivity index (χ0n) is 12.7. The van der Waals surface area contributed by atoms with Gasteiger partial charge in [-0.15, -0.1) is 0 Å². The Kier molecular flexibility index (Phi) is 6.30. The molecule has 132 valence electrons. The van der Waals surface area contributed by atoms with Crippen LogP contribution in [0.1, 0.15) is 6.92 Å². The molecule has 0 saturated carbocycles. The molecule has 1 aliphatic rings. The Hall–Kier alpha value is -1.52. The molecule has 0 spiro atoms. The molecule has 1 N–H and O–H groups in total. The topological polar surface area (TPSA) is 81.7 Å². The van der Waals surface area contributed by atoms with Crippen molar-refractivity contribution in [3.05, 3.63) is 24.0 Å². The van der Waals surface area contributed by atoms with Crippen LogP contribution < -0.4 is 10.2 Å². The highest BCUT2D eigenvalue weighted by Gasteiger charge is 2.40. The molecule has 2 rings (SSSR count). The standard InChI is InChI=1S/C14H16F2N2O4S2/c1-8-13(17-12(19)7-23)22-14(20)18(8)9-2-3-11(10(16)6-9)24(21)5-4-15/h2-3,6,8,13,23H,4-5,7H2,1H3,(H,17,19)/t8?,13-,24?/m0/s1. The van der Waals surface area contributed by atoms with Crippen LogP contribution in [0.15, 0.2) is 23.1 Å². The minimum absolute atomic E-state index is 0.0650. The average molecular weight is 378 g/mol. The summed E-state index contributed by atoms with van der Waals surface area (Å²) in [7, 11) is 0. The number of amides is 2. The van der Waals surface area contributed by atoms with Crippen LogP contribution in [0.5, 0.6) is 0 Å². The number of rotatable bonds is 6. The van der Waals surface area contributed by atoms with Gasteiger partial charge in [0, 0.05) is 6.07 Å². The van der Waals surface area contributed by atoms with E-state index in [2.05, 4.69) is 17.9 Å². The summed E-state index contributed by atoms with van der Waals surface area (Å²) in [5.41, 5.74) is 0.189. The molecule has 2 amide bonds. The molecular formula is C14H16F2N2O4S2. The molecule has 6 nitrogen and oxygen atoms in total. The van der Waals surface area contributed by atoms with Crippen molar-refractivity contribution in [3.63, 3.8) is 0 Å². The van der Waals surface area contributed by atoms with Gasteiger partial charge in [-0.2, -0.15) is 12.6 Å². The molecule has 10 heteroatoms. The van der Waals surface area contributed by atoms with Crippen molar-refractivity contribution in [2.75, 3.05) is 23.1 Å². The van der Waals surface area contributed by atoms with Crippen molar-refractivity contribution >= 4 is 41.5 Å². The van der Waals surface area contributed by atoms with Crippen molar-refractivity contribution in [2.45, 2.75) is 24.1 Å². The summed E-state index contributed by atoms with van der Waals surface area (Å²) in [4.78, 5) is 24.4. The lowest BCUT2D eigenvalue weighted by Crippen LogP contribution is -2.44. The Morgan fingerprint density at radius 1 is 1.54 bits per heavy atom. The van der Waals surface area contributed by atoms with Crippen molar-refractivity contribution in [1.29, 1.82) is 0 Å². The van der Waals surface area contributed by atoms with Crippen molar-refractivity contribution in [1.82, 2.24) is 5.32 Å². The third-order valence-electron chi connectivity index (χ3n) is 3.42. The molecule has 0 radical (unpaired) electrons. The van der Waals surface area contributed by atoms with Crippen LogP contribution >= 0.6 is 12.6 Å². The summed E-state index contributed by atoms with van der Waals surface area (Å²) in [6.07, 6.45) is -1.63. The number of alkyl halides is 1. The summed E-state index contributed by atoms with van der Waals surface area (Å²) in [6.45, 7) is 0.803. The van der Waals surface area contributed by atoms with E-state index in [-0.39, 0.29) is 22.1 Å². The average Bonchev–Trinajstić information content (AvgIpc) is 2.81. The fourth-order valence-electron chi connectivity index (χ4n) is 2.26. The van der Waals surface area contributed by atoms with E-state index < -0.39 is 47.9 Å². The number of ether oxygens (including phenoxy) is 1. The Morgan fingerprint density at radius 3 is 2.83 bits per heavy atom. The smallest absolute Gasteiger partial charge is 0.416 e. The molecular weight excluding hydrogens is 362 g/mol. The first-order valence-electron chi connectivity index (χ1n) is 7.03. The molecule has 0 bridgehead atoms. The maximum Gasteiger partial charge on any atom is 0.416 e. The highest BCUT2D eigenvalue weighted by Crippen LogP contribution is 2.29. The van der Waals surface area contributed by atoms with E-state index >= 15 is 0 Å². The number of cyclic esters (lactones) is 1. The fraction of sp³-hybridized carbons (Fsp3) is 0.429. The van der Waals surface area contributed by atoms with Crippen LogP contribution in [0.25, 0.3) is 0 Å². The molecule has 1 saturated heterocycles. The summed E-state index contributed by atoms with van der Waals surface area (Å²) in [5, 5.41) is 2.49. The number of carbonyl (C=O) groups excluding carboxylic acids is 2. The van der Waals surface area contributed by atoms with Gasteiger partial charge in [-0.25, -0.2) is 13.6 Å². The first-order valence-corrected chi connectivity index (χ1v) is 8.98. The van der Waals surface area contributed by atoms with Crippen LogP contribution in [-0.2, 0) is 20.7 Å². The minimum atomic E-state index is -1.79. The normalized spacial score (nSPS) is 21.5. The third kappa shape index (κ3) is 3.93. The number of benzene rings is 1. The predicted molar refractivity (Wildman–Crippen MR) is 87.9 cm³/mol. The van der Waals surface area contributed by atoms with Crippen molar-refractivity contribution < 1.29 is 27.7 Å². The molecule has 0 aromatic heterocycles. The number of anilines is 1. The summed E-state index contributed by atoms with van der Waals surface area (Å²) >= 11 is 2.03. The third-order valence-corrected chi connectivity index (χ3v) is 5.05. The molecule has 1 fully saturated rings. The fourth-order valence-corrected chi connectivity index (χ4v) is 3.21. The van der Waals surface area contributed by atoms with Gasteiger partial charge in [0.05, 0.1) is 17.5 Å². The molecule has 1 aliphatic heterocycles. The van der Waals surface area contributed by atoms with Gasteiger partial charge in [-0.05, 0) is 30.2 Å². The lowest BCUT2D eigenvalue weighted by atomic mass is 10.2. The van der Waals surface area contributed by atoms with Gasteiger partial charge in [0.1, 0.15) is 12.4 Å². The summed E-state index contributed by atoms with van der Waals surface area (Å²) in [5.74, 6) is -1.57. The van der Waals surface area contributed by atoms with Gasteiger partial charge in [0.15, 0.2) is 16.9 Å². The SMILES string of the molecule is CC1[C@@H](NC(=O)CS)OC(=O)N1c1ccc([S+]([O-])CCF)c(F)c1. The first kappa shape index (κ1) is 18.8. The van der Waals surface area contributed by atoms with Gasteiger partial charge in [-0.1, -0.05) is 0 Å². The van der Waals surface area contributed by atoms with E-state index in [1.54, 1.807) is 6.92 Å². The highest BCUT2D eigenvalue weighted by atomic mass is 32.2. The largest absolute Gasteiger partial charge is 0.611 e. The Morgan fingerprint density at radius 2 is 2.25 bits per heavy atom. The predicted octanol–water partition coefficient (Wildman–Crippen LogP) is 1.62. The van der Waals surface area contributed by atoms with Crippen LogP contribution in [0.3, 0.4) is 0 Å². The first-order chi connectivity index (χ1) is 11.4. The van der Waals surface area contributed by atoms with Crippen LogP contribution in [0.4, 0.5) is 19.3 Å². The number of thiol groups is 1. The second-order valence-corrected chi connectivity index (χ2v) is 6.85. The van der Waals surface area contributed by atoms with E-state index in [0.717, 1.165) is 6.07 Å². The van der Waals surface area contributed by atoms with Gasteiger partial charge >= 0.3 is 6.09 Å². The van der Waals surface area contributed by atoms with Gasteiger partial charge in [-0.3, -0.25) is 9.69 Å². The van der Waals surface area contributed by atoms with E-state index in [4.69, 9.17) is 4.74 Å². The Bertz CT molecular complexity index is 635. The summed E-state index contributed by atoms with van der Waals surface area (Å²) < 4.78 is 43.1. The van der Waals surface area contributed by atoms with Crippen LogP contribution in [0.2, 0.25) is 0 Å². The second-order valence-electron chi connectivity index (χ2n) is 4.99.